The number of hydrogen-bond donors (Lipinski definition) is 0. The highest BCUT2D eigenvalue weighted by atomic mass is 35.5. The molecule has 0 radical (unpaired) electrons. The monoisotopic (exact) mass is 407 g/mol. The van der Waals surface area contributed by atoms with Crippen molar-refractivity contribution in [1.82, 2.24) is 0 Å². The molecule has 0 aliphatic rings. The average molecular weight is 409 g/mol. The second-order valence-electron chi connectivity index (χ2n) is 4.70. The van der Waals surface area contributed by atoms with E-state index < -0.39 is 16.0 Å². The Labute approximate surface area is 154 Å². The largest absolute Gasteiger partial charge is 0.465 e. The topological polar surface area (TPSA) is 63.7 Å². The van der Waals surface area contributed by atoms with Crippen molar-refractivity contribution in [1.29, 1.82) is 0 Å². The van der Waals surface area contributed by atoms with Gasteiger partial charge in [0.25, 0.3) is 10.0 Å². The predicted octanol–water partition coefficient (Wildman–Crippen LogP) is 4.26. The number of carbonyl (C=O) groups is 1. The van der Waals surface area contributed by atoms with Crippen LogP contribution < -0.4 is 4.31 Å². The van der Waals surface area contributed by atoms with Gasteiger partial charge in [-0.15, -0.1) is 0 Å². The minimum absolute atomic E-state index is 0.0356. The molecule has 0 spiro atoms. The molecule has 24 heavy (non-hydrogen) atoms. The Hall–Kier alpha value is -1.47. The Balaban J connectivity index is 2.53. The van der Waals surface area contributed by atoms with Crippen molar-refractivity contribution in [2.75, 3.05) is 18.5 Å². The van der Waals surface area contributed by atoms with Crippen LogP contribution in [-0.4, -0.2) is 28.5 Å². The number of rotatable bonds is 4. The number of carbonyl (C=O) groups excluding carboxylic acids is 1. The van der Waals surface area contributed by atoms with Crippen LogP contribution in [0.5, 0.6) is 0 Å². The highest BCUT2D eigenvalue weighted by molar-refractivity contribution is 7.93. The van der Waals surface area contributed by atoms with E-state index in [4.69, 9.17) is 34.8 Å². The first kappa shape index (κ1) is 18.9. The molecular formula is C15H12Cl3NO4S. The van der Waals surface area contributed by atoms with Crippen molar-refractivity contribution < 1.29 is 17.9 Å². The molecule has 0 saturated carbocycles. The van der Waals surface area contributed by atoms with Gasteiger partial charge in [-0.2, -0.15) is 0 Å². The molecule has 0 unspecified atom stereocenters. The first-order valence-electron chi connectivity index (χ1n) is 6.50. The van der Waals surface area contributed by atoms with Crippen LogP contribution in [0.1, 0.15) is 10.4 Å². The van der Waals surface area contributed by atoms with Gasteiger partial charge in [0.2, 0.25) is 0 Å². The van der Waals surface area contributed by atoms with Gasteiger partial charge in [-0.1, -0.05) is 34.8 Å². The zero-order chi connectivity index (χ0) is 18.1. The molecule has 0 amide bonds. The Kier molecular flexibility index (Phi) is 5.65. The molecule has 5 nitrogen and oxygen atoms in total. The Morgan fingerprint density at radius 2 is 1.67 bits per heavy atom. The zero-order valence-corrected chi connectivity index (χ0v) is 15.7. The van der Waals surface area contributed by atoms with Crippen LogP contribution in [0.25, 0.3) is 0 Å². The van der Waals surface area contributed by atoms with Crippen LogP contribution in [0.3, 0.4) is 0 Å². The van der Waals surface area contributed by atoms with Crippen LogP contribution in [0.4, 0.5) is 5.69 Å². The number of anilines is 1. The summed E-state index contributed by atoms with van der Waals surface area (Å²) in [6.07, 6.45) is 0. The van der Waals surface area contributed by atoms with Crippen LogP contribution in [0.2, 0.25) is 15.1 Å². The number of hydrogen-bond acceptors (Lipinski definition) is 4. The number of halogens is 3. The number of benzene rings is 2. The summed E-state index contributed by atoms with van der Waals surface area (Å²) in [5, 5.41) is 0.420. The van der Waals surface area contributed by atoms with E-state index in [1.54, 1.807) is 0 Å². The van der Waals surface area contributed by atoms with Gasteiger partial charge >= 0.3 is 5.97 Å². The Bertz CT molecular complexity index is 900. The first-order valence-corrected chi connectivity index (χ1v) is 9.07. The summed E-state index contributed by atoms with van der Waals surface area (Å²) in [5.41, 5.74) is 0.270. The minimum atomic E-state index is -3.99. The molecule has 2 aromatic rings. The van der Waals surface area contributed by atoms with Crippen molar-refractivity contribution in [2.45, 2.75) is 4.90 Å². The van der Waals surface area contributed by atoms with E-state index in [0.29, 0.717) is 0 Å². The van der Waals surface area contributed by atoms with Gasteiger partial charge in [-0.05, 0) is 36.4 Å². The van der Waals surface area contributed by atoms with Crippen molar-refractivity contribution >= 4 is 56.5 Å². The number of sulfonamides is 1. The smallest absolute Gasteiger partial charge is 0.339 e. The molecule has 2 rings (SSSR count). The fourth-order valence-corrected chi connectivity index (χ4v) is 4.05. The van der Waals surface area contributed by atoms with Gasteiger partial charge in [-0.25, -0.2) is 13.2 Å². The van der Waals surface area contributed by atoms with E-state index >= 15 is 0 Å². The number of esters is 1. The number of ether oxygens (including phenoxy) is 1. The molecule has 0 aliphatic heterocycles. The summed E-state index contributed by atoms with van der Waals surface area (Å²) < 4.78 is 31.2. The van der Waals surface area contributed by atoms with Gasteiger partial charge < -0.3 is 4.74 Å². The van der Waals surface area contributed by atoms with Crippen molar-refractivity contribution in [3.63, 3.8) is 0 Å². The van der Waals surface area contributed by atoms with Gasteiger partial charge in [0.15, 0.2) is 0 Å². The van der Waals surface area contributed by atoms with Crippen LogP contribution in [-0.2, 0) is 14.8 Å². The van der Waals surface area contributed by atoms with E-state index in [1.165, 1.54) is 50.6 Å². The Morgan fingerprint density at radius 1 is 1.04 bits per heavy atom. The van der Waals surface area contributed by atoms with Gasteiger partial charge in [-0.3, -0.25) is 4.31 Å². The fraction of sp³-hybridized carbons (Fsp3) is 0.133. The first-order chi connectivity index (χ1) is 11.2. The van der Waals surface area contributed by atoms with E-state index in [1.807, 2.05) is 0 Å². The molecule has 0 saturated heterocycles. The lowest BCUT2D eigenvalue weighted by atomic mass is 10.2. The third-order valence-electron chi connectivity index (χ3n) is 3.25. The quantitative estimate of drug-likeness (QED) is 0.709. The van der Waals surface area contributed by atoms with E-state index in [0.717, 1.165) is 4.31 Å². The van der Waals surface area contributed by atoms with Crippen molar-refractivity contribution in [2.24, 2.45) is 0 Å². The molecule has 9 heteroatoms. The van der Waals surface area contributed by atoms with Crippen molar-refractivity contribution in [3.05, 3.63) is 57.0 Å². The van der Waals surface area contributed by atoms with Crippen LogP contribution >= 0.6 is 34.8 Å². The second kappa shape index (κ2) is 7.19. The predicted molar refractivity (Wildman–Crippen MR) is 94.8 cm³/mol. The maximum atomic E-state index is 12.8. The molecule has 128 valence electrons. The summed E-state index contributed by atoms with van der Waals surface area (Å²) in [6, 6.07) is 8.34. The zero-order valence-electron chi connectivity index (χ0n) is 12.6. The highest BCUT2D eigenvalue weighted by Crippen LogP contribution is 2.31. The molecule has 0 heterocycles. The third-order valence-corrected chi connectivity index (χ3v) is 6.08. The summed E-state index contributed by atoms with van der Waals surface area (Å²) >= 11 is 17.8. The summed E-state index contributed by atoms with van der Waals surface area (Å²) in [5.74, 6) is -0.673. The molecular weight excluding hydrogens is 397 g/mol. The normalized spacial score (nSPS) is 11.2. The fourth-order valence-electron chi connectivity index (χ4n) is 1.94. The minimum Gasteiger partial charge on any atom is -0.465 e. The summed E-state index contributed by atoms with van der Waals surface area (Å²) in [6.45, 7) is 0. The molecule has 0 N–H and O–H groups in total. The Morgan fingerprint density at radius 3 is 2.29 bits per heavy atom. The molecule has 0 fully saturated rings. The lowest BCUT2D eigenvalue weighted by Crippen LogP contribution is -2.27. The van der Waals surface area contributed by atoms with E-state index in [2.05, 4.69) is 4.74 Å². The number of methoxy groups -OCH3 is 1. The molecule has 2 aromatic carbocycles. The van der Waals surface area contributed by atoms with Crippen LogP contribution in [0.15, 0.2) is 41.3 Å². The van der Waals surface area contributed by atoms with Gasteiger partial charge in [0.05, 0.1) is 28.4 Å². The van der Waals surface area contributed by atoms with Crippen molar-refractivity contribution in [3.8, 4) is 0 Å². The highest BCUT2D eigenvalue weighted by Gasteiger charge is 2.25. The average Bonchev–Trinajstić information content (AvgIpc) is 2.56. The van der Waals surface area contributed by atoms with E-state index in [-0.39, 0.29) is 31.2 Å². The second-order valence-corrected chi connectivity index (χ2v) is 7.89. The summed E-state index contributed by atoms with van der Waals surface area (Å²) in [4.78, 5) is 11.6. The third kappa shape index (κ3) is 3.62. The van der Waals surface area contributed by atoms with Gasteiger partial charge in [0, 0.05) is 12.1 Å². The number of nitrogens with zero attached hydrogens (tertiary/aromatic N) is 1. The maximum Gasteiger partial charge on any atom is 0.339 e. The lowest BCUT2D eigenvalue weighted by molar-refractivity contribution is 0.0601. The standard InChI is InChI=1S/C15H12Cl3NO4S/c1-19(10-4-6-12(17)11(8-10)15(20)23-2)24(21,22)14-7-9(16)3-5-13(14)18/h3-8H,1-2H3. The molecule has 0 aromatic heterocycles. The SMILES string of the molecule is COC(=O)c1cc(N(C)S(=O)(=O)c2cc(Cl)ccc2Cl)ccc1Cl. The molecule has 0 bridgehead atoms. The maximum absolute atomic E-state index is 12.8. The van der Waals surface area contributed by atoms with Gasteiger partial charge in [0.1, 0.15) is 4.90 Å². The lowest BCUT2D eigenvalue weighted by Gasteiger charge is -2.21. The summed E-state index contributed by atoms with van der Waals surface area (Å²) in [7, 11) is -1.45. The molecule has 0 atom stereocenters. The van der Waals surface area contributed by atoms with E-state index in [9.17, 15) is 13.2 Å². The van der Waals surface area contributed by atoms with Crippen LogP contribution in [0, 0.1) is 0 Å². The molecule has 0 aliphatic carbocycles.